The van der Waals surface area contributed by atoms with Gasteiger partial charge in [0.05, 0.1) is 12.8 Å². The van der Waals surface area contributed by atoms with Crippen molar-refractivity contribution in [3.8, 4) is 0 Å². The first-order chi connectivity index (χ1) is 13.3. The van der Waals surface area contributed by atoms with Gasteiger partial charge in [-0.05, 0) is 54.6 Å². The zero-order chi connectivity index (χ0) is 21.9. The van der Waals surface area contributed by atoms with Gasteiger partial charge in [0.15, 0.2) is 11.5 Å². The third kappa shape index (κ3) is 7.48. The Morgan fingerprint density at radius 1 is 1.28 bits per heavy atom. The molecular weight excluding hydrogens is 398 g/mol. The van der Waals surface area contributed by atoms with E-state index in [2.05, 4.69) is 25.3 Å². The zero-order valence-corrected chi connectivity index (χ0v) is 18.1. The van der Waals surface area contributed by atoms with Gasteiger partial charge in [0.25, 0.3) is 10.2 Å². The first kappa shape index (κ1) is 22.8. The Hall–Kier alpha value is -2.44. The van der Waals surface area contributed by atoms with E-state index in [-0.39, 0.29) is 18.9 Å². The SMILES string of the molecule is Cc1coc(CN=C(N)c2nonc2NC(C)(C)CC(C)(C)CNS(N)(=O)=O)c1. The second-order valence-electron chi connectivity index (χ2n) is 8.47. The smallest absolute Gasteiger partial charge is 0.274 e. The monoisotopic (exact) mass is 427 g/mol. The number of anilines is 1. The molecule has 0 amide bonds. The average molecular weight is 428 g/mol. The maximum atomic E-state index is 11.2. The summed E-state index contributed by atoms with van der Waals surface area (Å²) in [6.45, 7) is 10.1. The fourth-order valence-electron chi connectivity index (χ4n) is 3.17. The number of aryl methyl sites for hydroxylation is 1. The van der Waals surface area contributed by atoms with Crippen molar-refractivity contribution >= 4 is 21.9 Å². The van der Waals surface area contributed by atoms with E-state index >= 15 is 0 Å². The molecule has 11 nitrogen and oxygen atoms in total. The normalized spacial score (nSPS) is 13.7. The summed E-state index contributed by atoms with van der Waals surface area (Å²) in [5, 5.41) is 16.0. The van der Waals surface area contributed by atoms with Crippen molar-refractivity contribution < 1.29 is 17.5 Å². The Labute approximate surface area is 170 Å². The first-order valence-corrected chi connectivity index (χ1v) is 10.5. The lowest BCUT2D eigenvalue weighted by Crippen LogP contribution is -2.43. The predicted molar refractivity (Wildman–Crippen MR) is 109 cm³/mol. The summed E-state index contributed by atoms with van der Waals surface area (Å²) in [5.74, 6) is 1.19. The van der Waals surface area contributed by atoms with Gasteiger partial charge in [-0.25, -0.2) is 14.5 Å². The van der Waals surface area contributed by atoms with Crippen LogP contribution in [0, 0.1) is 12.3 Å². The summed E-state index contributed by atoms with van der Waals surface area (Å²) < 4.78 is 34.9. The third-order valence-electron chi connectivity index (χ3n) is 4.05. The molecule has 0 fully saturated rings. The number of hydrogen-bond donors (Lipinski definition) is 4. The van der Waals surface area contributed by atoms with Crippen molar-refractivity contribution in [3.63, 3.8) is 0 Å². The highest BCUT2D eigenvalue weighted by Gasteiger charge is 2.31. The van der Waals surface area contributed by atoms with Crippen LogP contribution in [-0.4, -0.2) is 36.7 Å². The van der Waals surface area contributed by atoms with Crippen LogP contribution in [0.15, 0.2) is 26.4 Å². The predicted octanol–water partition coefficient (Wildman–Crippen LogP) is 1.28. The van der Waals surface area contributed by atoms with E-state index in [9.17, 15) is 8.42 Å². The molecule has 0 aliphatic heterocycles. The lowest BCUT2D eigenvalue weighted by atomic mass is 9.80. The van der Waals surface area contributed by atoms with Crippen LogP contribution in [-0.2, 0) is 16.8 Å². The highest BCUT2D eigenvalue weighted by atomic mass is 32.2. The van der Waals surface area contributed by atoms with Crippen molar-refractivity contribution in [1.82, 2.24) is 15.0 Å². The summed E-state index contributed by atoms with van der Waals surface area (Å²) in [7, 11) is -3.76. The molecule has 0 aliphatic rings. The van der Waals surface area contributed by atoms with Gasteiger partial charge in [-0.3, -0.25) is 4.99 Å². The van der Waals surface area contributed by atoms with Gasteiger partial charge in [-0.1, -0.05) is 13.8 Å². The number of aliphatic imine (C=N–C) groups is 1. The Morgan fingerprint density at radius 3 is 2.55 bits per heavy atom. The maximum Gasteiger partial charge on any atom is 0.274 e. The molecule has 0 spiro atoms. The number of hydrogen-bond acceptors (Lipinski definition) is 8. The highest BCUT2D eigenvalue weighted by Crippen LogP contribution is 2.30. The number of rotatable bonds is 10. The third-order valence-corrected chi connectivity index (χ3v) is 4.60. The summed E-state index contributed by atoms with van der Waals surface area (Å²) in [4.78, 5) is 4.28. The molecule has 0 saturated carbocycles. The molecule has 0 radical (unpaired) electrons. The second kappa shape index (κ2) is 8.51. The molecule has 0 atom stereocenters. The highest BCUT2D eigenvalue weighted by molar-refractivity contribution is 7.87. The van der Waals surface area contributed by atoms with E-state index in [1.54, 1.807) is 6.26 Å². The molecule has 0 saturated heterocycles. The van der Waals surface area contributed by atoms with Crippen LogP contribution in [0.3, 0.4) is 0 Å². The van der Waals surface area contributed by atoms with Gasteiger partial charge in [0, 0.05) is 12.1 Å². The lowest BCUT2D eigenvalue weighted by Gasteiger charge is -2.35. The Bertz CT molecular complexity index is 960. The van der Waals surface area contributed by atoms with Crippen molar-refractivity contribution in [2.24, 2.45) is 21.3 Å². The fraction of sp³-hybridized carbons (Fsp3) is 0.588. The maximum absolute atomic E-state index is 11.2. The standard InChI is InChI=1S/C17H29N7O4S/c1-11-6-12(27-8-11)7-20-14(18)13-15(24-28-23-13)22-17(4,5)9-16(2,3)10-21-29(19,25)26/h6,8,21H,7,9-10H2,1-5H3,(H2,18,20)(H,22,24)(H2,19,25,26). The van der Waals surface area contributed by atoms with Crippen LogP contribution in [0.2, 0.25) is 0 Å². The van der Waals surface area contributed by atoms with Crippen molar-refractivity contribution in [2.75, 3.05) is 11.9 Å². The number of amidine groups is 1. The minimum absolute atomic E-state index is 0.161. The summed E-state index contributed by atoms with van der Waals surface area (Å²) in [6, 6.07) is 1.87. The van der Waals surface area contributed by atoms with Gasteiger partial charge < -0.3 is 15.5 Å². The van der Waals surface area contributed by atoms with Crippen LogP contribution in [0.5, 0.6) is 0 Å². The molecule has 0 aromatic carbocycles. The molecule has 2 rings (SSSR count). The molecular formula is C17H29N7O4S. The molecule has 29 heavy (non-hydrogen) atoms. The van der Waals surface area contributed by atoms with Crippen LogP contribution in [0.4, 0.5) is 5.82 Å². The fourth-order valence-corrected chi connectivity index (χ4v) is 3.76. The van der Waals surface area contributed by atoms with E-state index in [0.717, 1.165) is 5.56 Å². The Morgan fingerprint density at radius 2 is 1.97 bits per heavy atom. The van der Waals surface area contributed by atoms with Crippen LogP contribution in [0.25, 0.3) is 0 Å². The number of nitrogens with two attached hydrogens (primary N) is 2. The molecule has 0 bridgehead atoms. The number of nitrogens with one attached hydrogen (secondary N) is 2. The second-order valence-corrected chi connectivity index (χ2v) is 9.85. The molecule has 2 heterocycles. The van der Waals surface area contributed by atoms with Gasteiger partial charge in [0.2, 0.25) is 5.82 Å². The quantitative estimate of drug-likeness (QED) is 0.324. The van der Waals surface area contributed by atoms with Gasteiger partial charge >= 0.3 is 0 Å². The molecule has 6 N–H and O–H groups in total. The minimum Gasteiger partial charge on any atom is -0.467 e. The molecule has 12 heteroatoms. The van der Waals surface area contributed by atoms with E-state index in [1.807, 2.05) is 40.7 Å². The first-order valence-electron chi connectivity index (χ1n) is 8.99. The zero-order valence-electron chi connectivity index (χ0n) is 17.3. The Kier molecular flexibility index (Phi) is 6.71. The summed E-state index contributed by atoms with van der Waals surface area (Å²) in [5.41, 5.74) is 6.46. The van der Waals surface area contributed by atoms with Crippen molar-refractivity contribution in [1.29, 1.82) is 0 Å². The number of aromatic nitrogens is 2. The molecule has 0 unspecified atom stereocenters. The molecule has 0 aliphatic carbocycles. The van der Waals surface area contributed by atoms with Gasteiger partial charge in [-0.2, -0.15) is 8.42 Å². The summed E-state index contributed by atoms with van der Waals surface area (Å²) in [6.07, 6.45) is 2.22. The molecule has 2 aromatic heterocycles. The average Bonchev–Trinajstić information content (AvgIpc) is 3.17. The Balaban J connectivity index is 2.07. The topological polar surface area (TPSA) is 175 Å². The largest absolute Gasteiger partial charge is 0.467 e. The van der Waals surface area contributed by atoms with Crippen LogP contribution < -0.4 is 20.9 Å². The molecule has 2 aromatic rings. The van der Waals surface area contributed by atoms with Gasteiger partial charge in [0.1, 0.15) is 5.76 Å². The summed E-state index contributed by atoms with van der Waals surface area (Å²) >= 11 is 0. The molecule has 162 valence electrons. The van der Waals surface area contributed by atoms with E-state index in [1.165, 1.54) is 0 Å². The van der Waals surface area contributed by atoms with Crippen molar-refractivity contribution in [2.45, 2.75) is 53.1 Å². The van der Waals surface area contributed by atoms with Crippen molar-refractivity contribution in [3.05, 3.63) is 29.3 Å². The number of furan rings is 1. The van der Waals surface area contributed by atoms with Gasteiger partial charge in [-0.15, -0.1) is 0 Å². The number of nitrogens with zero attached hydrogens (tertiary/aromatic N) is 3. The van der Waals surface area contributed by atoms with E-state index in [0.29, 0.717) is 23.7 Å². The van der Waals surface area contributed by atoms with E-state index < -0.39 is 21.2 Å². The lowest BCUT2D eigenvalue weighted by molar-refractivity contribution is 0.271. The minimum atomic E-state index is -3.76. The van der Waals surface area contributed by atoms with Crippen LogP contribution in [0.1, 0.15) is 51.1 Å². The van der Waals surface area contributed by atoms with E-state index in [4.69, 9.17) is 19.9 Å². The van der Waals surface area contributed by atoms with Crippen LogP contribution >= 0.6 is 0 Å².